The zero-order valence-corrected chi connectivity index (χ0v) is 6.54. The van der Waals surface area contributed by atoms with E-state index in [1.54, 1.807) is 7.11 Å². The van der Waals surface area contributed by atoms with Crippen LogP contribution in [0.3, 0.4) is 0 Å². The van der Waals surface area contributed by atoms with Crippen molar-refractivity contribution in [2.45, 2.75) is 13.0 Å². The zero-order valence-electron chi connectivity index (χ0n) is 6.54. The largest absolute Gasteiger partial charge is 0.464 e. The summed E-state index contributed by atoms with van der Waals surface area (Å²) in [6.07, 6.45) is 0.573. The van der Waals surface area contributed by atoms with Crippen molar-refractivity contribution in [3.05, 3.63) is 23.7 Å². The van der Waals surface area contributed by atoms with E-state index in [-0.39, 0.29) is 6.61 Å². The van der Waals surface area contributed by atoms with Gasteiger partial charge in [-0.15, -0.1) is 0 Å². The van der Waals surface area contributed by atoms with Crippen molar-refractivity contribution in [2.75, 3.05) is 13.7 Å². The fourth-order valence-corrected chi connectivity index (χ4v) is 0.887. The van der Waals surface area contributed by atoms with Crippen molar-refractivity contribution >= 4 is 0 Å². The number of hydrogen-bond acceptors (Lipinski definition) is 3. The second kappa shape index (κ2) is 4.16. The summed E-state index contributed by atoms with van der Waals surface area (Å²) >= 11 is 0. The summed E-state index contributed by atoms with van der Waals surface area (Å²) in [5, 5.41) is 8.57. The molecule has 0 spiro atoms. The van der Waals surface area contributed by atoms with Crippen molar-refractivity contribution in [1.82, 2.24) is 0 Å². The molecule has 0 atom stereocenters. The molecule has 0 aliphatic carbocycles. The van der Waals surface area contributed by atoms with Crippen molar-refractivity contribution in [3.8, 4) is 0 Å². The van der Waals surface area contributed by atoms with Crippen LogP contribution in [0.2, 0.25) is 0 Å². The third-order valence-corrected chi connectivity index (χ3v) is 1.36. The van der Waals surface area contributed by atoms with Crippen molar-refractivity contribution < 1.29 is 14.3 Å². The molecule has 0 aliphatic rings. The molecular weight excluding hydrogens is 144 g/mol. The SMILES string of the molecule is COCc1ccc(CCO)o1. The molecule has 0 saturated heterocycles. The Hall–Kier alpha value is -0.800. The predicted molar refractivity (Wildman–Crippen MR) is 40.2 cm³/mol. The monoisotopic (exact) mass is 156 g/mol. The van der Waals surface area contributed by atoms with Crippen LogP contribution >= 0.6 is 0 Å². The first-order chi connectivity index (χ1) is 5.36. The number of furan rings is 1. The summed E-state index contributed by atoms with van der Waals surface area (Å²) < 4.78 is 10.1. The Morgan fingerprint density at radius 1 is 1.45 bits per heavy atom. The lowest BCUT2D eigenvalue weighted by Crippen LogP contribution is -1.87. The van der Waals surface area contributed by atoms with Crippen LogP contribution in [0.5, 0.6) is 0 Å². The van der Waals surface area contributed by atoms with Crippen molar-refractivity contribution in [3.63, 3.8) is 0 Å². The van der Waals surface area contributed by atoms with Crippen LogP contribution in [0.4, 0.5) is 0 Å². The highest BCUT2D eigenvalue weighted by molar-refractivity contribution is 5.06. The summed E-state index contributed by atoms with van der Waals surface area (Å²) in [5.41, 5.74) is 0. The Morgan fingerprint density at radius 3 is 2.82 bits per heavy atom. The van der Waals surface area contributed by atoms with Crippen LogP contribution in [0, 0.1) is 0 Å². The Balaban J connectivity index is 2.51. The van der Waals surface area contributed by atoms with Gasteiger partial charge in [-0.2, -0.15) is 0 Å². The smallest absolute Gasteiger partial charge is 0.129 e. The molecule has 0 aliphatic heterocycles. The van der Waals surface area contributed by atoms with Crippen molar-refractivity contribution in [1.29, 1.82) is 0 Å². The fraction of sp³-hybridized carbons (Fsp3) is 0.500. The second-order valence-corrected chi connectivity index (χ2v) is 2.27. The average Bonchev–Trinajstić information content (AvgIpc) is 2.38. The van der Waals surface area contributed by atoms with Crippen LogP contribution in [-0.4, -0.2) is 18.8 Å². The normalized spacial score (nSPS) is 10.4. The van der Waals surface area contributed by atoms with Crippen molar-refractivity contribution in [2.24, 2.45) is 0 Å². The molecule has 0 aromatic carbocycles. The highest BCUT2D eigenvalue weighted by atomic mass is 16.5. The summed E-state index contributed by atoms with van der Waals surface area (Å²) in [7, 11) is 1.62. The molecule has 0 amide bonds. The van der Waals surface area contributed by atoms with E-state index in [0.717, 1.165) is 11.5 Å². The third-order valence-electron chi connectivity index (χ3n) is 1.36. The van der Waals surface area contributed by atoms with Gasteiger partial charge in [-0.05, 0) is 12.1 Å². The van der Waals surface area contributed by atoms with Gasteiger partial charge in [0.15, 0.2) is 0 Å². The van der Waals surface area contributed by atoms with Crippen LogP contribution in [0.15, 0.2) is 16.5 Å². The molecule has 0 unspecified atom stereocenters. The summed E-state index contributed by atoms with van der Waals surface area (Å²) in [5.74, 6) is 1.61. The van der Waals surface area contributed by atoms with Gasteiger partial charge in [-0.1, -0.05) is 0 Å². The molecule has 0 bridgehead atoms. The summed E-state index contributed by atoms with van der Waals surface area (Å²) in [6, 6.07) is 3.71. The Kier molecular flexibility index (Phi) is 3.14. The number of methoxy groups -OCH3 is 1. The first-order valence-electron chi connectivity index (χ1n) is 3.54. The van der Waals surface area contributed by atoms with Gasteiger partial charge in [0.05, 0.1) is 6.61 Å². The molecule has 11 heavy (non-hydrogen) atoms. The molecule has 0 radical (unpaired) electrons. The minimum atomic E-state index is 0.125. The first-order valence-corrected chi connectivity index (χ1v) is 3.54. The average molecular weight is 156 g/mol. The first kappa shape index (κ1) is 8.30. The lowest BCUT2D eigenvalue weighted by atomic mass is 10.3. The highest BCUT2D eigenvalue weighted by Gasteiger charge is 1.99. The molecule has 3 nitrogen and oxygen atoms in total. The Bertz CT molecular complexity index is 184. The van der Waals surface area contributed by atoms with E-state index in [4.69, 9.17) is 14.3 Å². The van der Waals surface area contributed by atoms with E-state index >= 15 is 0 Å². The minimum absolute atomic E-state index is 0.125. The maximum absolute atomic E-state index is 8.57. The van der Waals surface area contributed by atoms with E-state index in [9.17, 15) is 0 Å². The van der Waals surface area contributed by atoms with Gasteiger partial charge in [-0.3, -0.25) is 0 Å². The molecule has 1 N–H and O–H groups in total. The number of hydrogen-bond donors (Lipinski definition) is 1. The van der Waals surface area contributed by atoms with Crippen LogP contribution in [0.25, 0.3) is 0 Å². The fourth-order valence-electron chi connectivity index (χ4n) is 0.887. The topological polar surface area (TPSA) is 42.6 Å². The predicted octanol–water partition coefficient (Wildman–Crippen LogP) is 0.961. The van der Waals surface area contributed by atoms with Gasteiger partial charge in [-0.25, -0.2) is 0 Å². The van der Waals surface area contributed by atoms with E-state index in [2.05, 4.69) is 0 Å². The third kappa shape index (κ3) is 2.37. The lowest BCUT2D eigenvalue weighted by molar-refractivity contribution is 0.162. The van der Waals surface area contributed by atoms with Gasteiger partial charge >= 0.3 is 0 Å². The van der Waals surface area contributed by atoms with E-state index in [0.29, 0.717) is 13.0 Å². The maximum Gasteiger partial charge on any atom is 0.129 e. The zero-order chi connectivity index (χ0) is 8.10. The molecular formula is C8H12O3. The molecule has 1 aromatic heterocycles. The quantitative estimate of drug-likeness (QED) is 0.706. The standard InChI is InChI=1S/C8H12O3/c1-10-6-8-3-2-7(11-8)4-5-9/h2-3,9H,4-6H2,1H3. The molecule has 0 fully saturated rings. The Labute approximate surface area is 65.6 Å². The maximum atomic E-state index is 8.57. The Morgan fingerprint density at radius 2 is 2.18 bits per heavy atom. The highest BCUT2D eigenvalue weighted by Crippen LogP contribution is 2.08. The van der Waals surface area contributed by atoms with Crippen LogP contribution < -0.4 is 0 Å². The van der Waals surface area contributed by atoms with E-state index in [1.165, 1.54) is 0 Å². The number of aliphatic hydroxyl groups excluding tert-OH is 1. The number of ether oxygens (including phenoxy) is 1. The van der Waals surface area contributed by atoms with Gasteiger partial charge in [0, 0.05) is 13.5 Å². The molecule has 1 rings (SSSR count). The molecule has 1 aromatic rings. The molecule has 1 heterocycles. The molecule has 62 valence electrons. The van der Waals surface area contributed by atoms with Crippen LogP contribution in [0.1, 0.15) is 11.5 Å². The van der Waals surface area contributed by atoms with Gasteiger partial charge in [0.25, 0.3) is 0 Å². The second-order valence-electron chi connectivity index (χ2n) is 2.27. The number of rotatable bonds is 4. The van der Waals surface area contributed by atoms with Gasteiger partial charge in [0.2, 0.25) is 0 Å². The molecule has 3 heteroatoms. The summed E-state index contributed by atoms with van der Waals surface area (Å²) in [6.45, 7) is 0.616. The molecule has 0 saturated carbocycles. The van der Waals surface area contributed by atoms with Gasteiger partial charge in [0.1, 0.15) is 18.1 Å². The summed E-state index contributed by atoms with van der Waals surface area (Å²) in [4.78, 5) is 0. The van der Waals surface area contributed by atoms with E-state index < -0.39 is 0 Å². The van der Waals surface area contributed by atoms with E-state index in [1.807, 2.05) is 12.1 Å². The van der Waals surface area contributed by atoms with Crippen LogP contribution in [-0.2, 0) is 17.8 Å². The number of aliphatic hydroxyl groups is 1. The minimum Gasteiger partial charge on any atom is -0.464 e. The lowest BCUT2D eigenvalue weighted by Gasteiger charge is -1.93. The van der Waals surface area contributed by atoms with Gasteiger partial charge < -0.3 is 14.3 Å².